The van der Waals surface area contributed by atoms with Crippen molar-refractivity contribution >= 4 is 17.6 Å². The standard InChI is InChI=1S/C13H15FN2O3/c1-6-8-3-2-7(5-16-13(18)19)12(17)11(8)10(15)4-9(6)14/h4,7,16H,2-3,5,15H2,1H3,(H,18,19). The molecule has 1 aliphatic rings. The Kier molecular flexibility index (Phi) is 3.42. The molecule has 19 heavy (non-hydrogen) atoms. The molecule has 4 N–H and O–H groups in total. The van der Waals surface area contributed by atoms with Crippen LogP contribution in [0.4, 0.5) is 14.9 Å². The fraction of sp³-hybridized carbons (Fsp3) is 0.385. The molecular formula is C13H15FN2O3. The van der Waals surface area contributed by atoms with E-state index < -0.39 is 17.8 Å². The molecule has 0 saturated carbocycles. The highest BCUT2D eigenvalue weighted by Gasteiger charge is 2.31. The van der Waals surface area contributed by atoms with E-state index in [9.17, 15) is 14.0 Å². The Morgan fingerprint density at radius 1 is 1.63 bits per heavy atom. The lowest BCUT2D eigenvalue weighted by atomic mass is 9.80. The molecule has 0 fully saturated rings. The van der Waals surface area contributed by atoms with E-state index in [1.807, 2.05) is 0 Å². The van der Waals surface area contributed by atoms with Crippen molar-refractivity contribution in [2.24, 2.45) is 5.92 Å². The van der Waals surface area contributed by atoms with Gasteiger partial charge in [-0.25, -0.2) is 9.18 Å². The van der Waals surface area contributed by atoms with Gasteiger partial charge in [0.1, 0.15) is 5.82 Å². The highest BCUT2D eigenvalue weighted by molar-refractivity contribution is 6.05. The van der Waals surface area contributed by atoms with Crippen molar-refractivity contribution in [2.45, 2.75) is 19.8 Å². The van der Waals surface area contributed by atoms with E-state index in [1.54, 1.807) is 6.92 Å². The van der Waals surface area contributed by atoms with Crippen LogP contribution in [0.1, 0.15) is 27.9 Å². The molecule has 0 saturated heterocycles. The van der Waals surface area contributed by atoms with Crippen molar-refractivity contribution in [3.05, 3.63) is 28.6 Å². The Labute approximate surface area is 109 Å². The molecule has 5 nitrogen and oxygen atoms in total. The van der Waals surface area contributed by atoms with Crippen LogP contribution in [0, 0.1) is 18.7 Å². The summed E-state index contributed by atoms with van der Waals surface area (Å²) >= 11 is 0. The Morgan fingerprint density at radius 3 is 2.95 bits per heavy atom. The fourth-order valence-corrected chi connectivity index (χ4v) is 2.49. The van der Waals surface area contributed by atoms with Gasteiger partial charge in [-0.3, -0.25) is 4.79 Å². The number of hydrogen-bond donors (Lipinski definition) is 3. The van der Waals surface area contributed by atoms with E-state index in [0.717, 1.165) is 6.07 Å². The van der Waals surface area contributed by atoms with Gasteiger partial charge in [-0.05, 0) is 37.0 Å². The number of fused-ring (bicyclic) bond motifs is 1. The van der Waals surface area contributed by atoms with Gasteiger partial charge >= 0.3 is 6.09 Å². The normalized spacial score (nSPS) is 18.0. The first-order valence-electron chi connectivity index (χ1n) is 6.00. The second-order valence-electron chi connectivity index (χ2n) is 4.71. The van der Waals surface area contributed by atoms with Crippen molar-refractivity contribution in [2.75, 3.05) is 12.3 Å². The topological polar surface area (TPSA) is 92.4 Å². The van der Waals surface area contributed by atoms with Crippen molar-refractivity contribution in [1.82, 2.24) is 5.32 Å². The third-order valence-corrected chi connectivity index (χ3v) is 3.54. The number of nitrogens with two attached hydrogens (primary N) is 1. The highest BCUT2D eigenvalue weighted by atomic mass is 19.1. The summed E-state index contributed by atoms with van der Waals surface area (Å²) in [5, 5.41) is 10.8. The maximum absolute atomic E-state index is 13.6. The van der Waals surface area contributed by atoms with Crippen LogP contribution in [0.2, 0.25) is 0 Å². The monoisotopic (exact) mass is 266 g/mol. The molecule has 2 rings (SSSR count). The number of Topliss-reactive ketones (excluding diaryl/α,β-unsaturated/α-hetero) is 1. The molecule has 0 aromatic heterocycles. The number of carbonyl (C=O) groups excluding carboxylic acids is 1. The number of hydrogen-bond acceptors (Lipinski definition) is 3. The minimum atomic E-state index is -1.16. The zero-order valence-electron chi connectivity index (χ0n) is 10.5. The van der Waals surface area contributed by atoms with E-state index in [-0.39, 0.29) is 18.0 Å². The van der Waals surface area contributed by atoms with Crippen LogP contribution in [0.5, 0.6) is 0 Å². The number of anilines is 1. The van der Waals surface area contributed by atoms with Gasteiger partial charge in [-0.15, -0.1) is 0 Å². The summed E-state index contributed by atoms with van der Waals surface area (Å²) in [6.07, 6.45) is -0.140. The number of nitrogen functional groups attached to an aromatic ring is 1. The average Bonchev–Trinajstić information content (AvgIpc) is 2.34. The van der Waals surface area contributed by atoms with Gasteiger partial charge in [-0.2, -0.15) is 0 Å². The Balaban J connectivity index is 2.33. The minimum Gasteiger partial charge on any atom is -0.465 e. The van der Waals surface area contributed by atoms with Crippen LogP contribution in [0.15, 0.2) is 6.07 Å². The summed E-state index contributed by atoms with van der Waals surface area (Å²) in [7, 11) is 0. The second kappa shape index (κ2) is 4.87. The summed E-state index contributed by atoms with van der Waals surface area (Å²) < 4.78 is 13.6. The quantitative estimate of drug-likeness (QED) is 0.711. The molecule has 1 amide bonds. The van der Waals surface area contributed by atoms with Crippen molar-refractivity contribution < 1.29 is 19.1 Å². The summed E-state index contributed by atoms with van der Waals surface area (Å²) in [6, 6.07) is 1.15. The maximum Gasteiger partial charge on any atom is 0.404 e. The zero-order valence-corrected chi connectivity index (χ0v) is 10.5. The predicted molar refractivity (Wildman–Crippen MR) is 67.7 cm³/mol. The Morgan fingerprint density at radius 2 is 2.32 bits per heavy atom. The number of carboxylic acid groups (broad SMARTS) is 1. The lowest BCUT2D eigenvalue weighted by molar-refractivity contribution is 0.0901. The van der Waals surface area contributed by atoms with Crippen molar-refractivity contribution in [3.63, 3.8) is 0 Å². The van der Waals surface area contributed by atoms with Gasteiger partial charge < -0.3 is 16.2 Å². The predicted octanol–water partition coefficient (Wildman–Crippen LogP) is 1.73. The molecule has 102 valence electrons. The van der Waals surface area contributed by atoms with E-state index >= 15 is 0 Å². The molecule has 1 aromatic rings. The molecule has 1 atom stereocenters. The first kappa shape index (κ1) is 13.3. The number of carbonyl (C=O) groups is 2. The number of benzene rings is 1. The maximum atomic E-state index is 13.6. The Hall–Kier alpha value is -2.11. The first-order valence-corrected chi connectivity index (χ1v) is 6.00. The third kappa shape index (κ3) is 2.38. The highest BCUT2D eigenvalue weighted by Crippen LogP contribution is 2.33. The molecule has 0 aliphatic heterocycles. The summed E-state index contributed by atoms with van der Waals surface area (Å²) in [6.45, 7) is 1.68. The summed E-state index contributed by atoms with van der Waals surface area (Å²) in [5.41, 5.74) is 7.29. The molecule has 1 unspecified atom stereocenters. The molecule has 1 aliphatic carbocycles. The lowest BCUT2D eigenvalue weighted by Crippen LogP contribution is -2.35. The average molecular weight is 266 g/mol. The smallest absolute Gasteiger partial charge is 0.404 e. The van der Waals surface area contributed by atoms with Gasteiger partial charge in [0.25, 0.3) is 0 Å². The number of ketones is 1. The van der Waals surface area contributed by atoms with E-state index in [4.69, 9.17) is 10.8 Å². The molecule has 0 heterocycles. The molecular weight excluding hydrogens is 251 g/mol. The van der Waals surface area contributed by atoms with Crippen LogP contribution in [-0.4, -0.2) is 23.5 Å². The Bertz CT molecular complexity index is 557. The molecule has 0 radical (unpaired) electrons. The van der Waals surface area contributed by atoms with Gasteiger partial charge in [0.15, 0.2) is 5.78 Å². The van der Waals surface area contributed by atoms with E-state index in [2.05, 4.69) is 5.32 Å². The number of rotatable bonds is 2. The van der Waals surface area contributed by atoms with E-state index in [0.29, 0.717) is 29.5 Å². The van der Waals surface area contributed by atoms with Crippen molar-refractivity contribution in [3.8, 4) is 0 Å². The summed E-state index contributed by atoms with van der Waals surface area (Å²) in [4.78, 5) is 22.7. The van der Waals surface area contributed by atoms with Gasteiger partial charge in [0, 0.05) is 23.7 Å². The third-order valence-electron chi connectivity index (χ3n) is 3.54. The molecule has 1 aromatic carbocycles. The van der Waals surface area contributed by atoms with E-state index in [1.165, 1.54) is 0 Å². The number of amides is 1. The molecule has 6 heteroatoms. The van der Waals surface area contributed by atoms with Crippen molar-refractivity contribution in [1.29, 1.82) is 0 Å². The lowest BCUT2D eigenvalue weighted by Gasteiger charge is -2.26. The number of halogens is 1. The van der Waals surface area contributed by atoms with Gasteiger partial charge in [0.05, 0.1) is 0 Å². The largest absolute Gasteiger partial charge is 0.465 e. The summed E-state index contributed by atoms with van der Waals surface area (Å²) in [5.74, 6) is -1.06. The number of nitrogens with one attached hydrogen (secondary N) is 1. The van der Waals surface area contributed by atoms with Crippen LogP contribution in [0.25, 0.3) is 0 Å². The second-order valence-corrected chi connectivity index (χ2v) is 4.71. The first-order chi connectivity index (χ1) is 8.91. The van der Waals surface area contributed by atoms with Crippen LogP contribution < -0.4 is 11.1 Å². The SMILES string of the molecule is Cc1c(F)cc(N)c2c1CCC(CNC(=O)O)C2=O. The fourth-order valence-electron chi connectivity index (χ4n) is 2.49. The van der Waals surface area contributed by atoms with Crippen LogP contribution >= 0.6 is 0 Å². The van der Waals surface area contributed by atoms with Crippen LogP contribution in [-0.2, 0) is 6.42 Å². The zero-order chi connectivity index (χ0) is 14.2. The van der Waals surface area contributed by atoms with Gasteiger partial charge in [0.2, 0.25) is 0 Å². The van der Waals surface area contributed by atoms with Gasteiger partial charge in [-0.1, -0.05) is 0 Å². The van der Waals surface area contributed by atoms with Crippen LogP contribution in [0.3, 0.4) is 0 Å². The minimum absolute atomic E-state index is 0.0590. The molecule has 0 spiro atoms. The molecule has 0 bridgehead atoms.